The highest BCUT2D eigenvalue weighted by molar-refractivity contribution is 5.98. The van der Waals surface area contributed by atoms with E-state index in [2.05, 4.69) is 25.3 Å². The standard InChI is InChI=1S/C25H22F3N5O4/c26-25(27,28)13-37-17-9-6-15(7-10-17)22(35)33-20(14-4-2-1-3-5-14)21(34)23(36)30-16-8-11-18-19(12-16)32-24(29)31-18/h1-12,20-21,34H,13H2,(H,30,36)(H,33,35)(H3,29,31,32). The largest absolute Gasteiger partial charge is 0.484 e. The van der Waals surface area contributed by atoms with Gasteiger partial charge in [0.25, 0.3) is 11.8 Å². The first-order valence-electron chi connectivity index (χ1n) is 11.0. The smallest absolute Gasteiger partial charge is 0.422 e. The molecule has 0 aliphatic rings. The molecule has 9 nitrogen and oxygen atoms in total. The summed E-state index contributed by atoms with van der Waals surface area (Å²) in [5.41, 5.74) is 7.74. The van der Waals surface area contributed by atoms with Crippen molar-refractivity contribution in [2.75, 3.05) is 17.7 Å². The highest BCUT2D eigenvalue weighted by atomic mass is 19.4. The van der Waals surface area contributed by atoms with Gasteiger partial charge in [-0.1, -0.05) is 30.3 Å². The van der Waals surface area contributed by atoms with Crippen LogP contribution in [0.25, 0.3) is 11.0 Å². The molecule has 0 aliphatic heterocycles. The maximum absolute atomic E-state index is 12.9. The van der Waals surface area contributed by atoms with Gasteiger partial charge in [0.1, 0.15) is 5.75 Å². The number of aliphatic hydroxyl groups excluding tert-OH is 1. The second-order valence-electron chi connectivity index (χ2n) is 8.08. The van der Waals surface area contributed by atoms with E-state index in [0.717, 1.165) is 0 Å². The molecule has 3 aromatic carbocycles. The molecule has 0 bridgehead atoms. The topological polar surface area (TPSA) is 142 Å². The molecular formula is C25H22F3N5O4. The molecular weight excluding hydrogens is 491 g/mol. The number of rotatable bonds is 8. The van der Waals surface area contributed by atoms with Gasteiger partial charge in [-0.25, -0.2) is 4.98 Å². The fourth-order valence-corrected chi connectivity index (χ4v) is 3.57. The summed E-state index contributed by atoms with van der Waals surface area (Å²) in [6.07, 6.45) is -6.18. The maximum Gasteiger partial charge on any atom is 0.422 e. The van der Waals surface area contributed by atoms with E-state index >= 15 is 0 Å². The van der Waals surface area contributed by atoms with Crippen LogP contribution in [0.4, 0.5) is 24.8 Å². The van der Waals surface area contributed by atoms with Crippen molar-refractivity contribution in [3.8, 4) is 5.75 Å². The van der Waals surface area contributed by atoms with E-state index in [1.807, 2.05) is 0 Å². The molecule has 0 saturated heterocycles. The number of H-pyrrole nitrogens is 1. The zero-order valence-electron chi connectivity index (χ0n) is 19.1. The predicted octanol–water partition coefficient (Wildman–Crippen LogP) is 3.56. The van der Waals surface area contributed by atoms with E-state index in [-0.39, 0.29) is 17.3 Å². The third kappa shape index (κ3) is 6.55. The summed E-state index contributed by atoms with van der Waals surface area (Å²) in [5.74, 6) is -1.29. The zero-order chi connectivity index (χ0) is 26.6. The summed E-state index contributed by atoms with van der Waals surface area (Å²) in [6.45, 7) is -1.46. The number of nitrogens with one attached hydrogen (secondary N) is 3. The Morgan fingerprint density at radius 1 is 1.05 bits per heavy atom. The van der Waals surface area contributed by atoms with Crippen molar-refractivity contribution < 1.29 is 32.6 Å². The minimum Gasteiger partial charge on any atom is -0.484 e. The minimum absolute atomic E-state index is 0.0658. The highest BCUT2D eigenvalue weighted by Crippen LogP contribution is 2.23. The van der Waals surface area contributed by atoms with Gasteiger partial charge in [-0.15, -0.1) is 0 Å². The number of amides is 2. The van der Waals surface area contributed by atoms with Crippen LogP contribution in [0.3, 0.4) is 0 Å². The van der Waals surface area contributed by atoms with Gasteiger partial charge in [0.2, 0.25) is 0 Å². The van der Waals surface area contributed by atoms with E-state index < -0.39 is 36.7 Å². The molecule has 37 heavy (non-hydrogen) atoms. The summed E-state index contributed by atoms with van der Waals surface area (Å²) in [6, 6.07) is 17.1. The van der Waals surface area contributed by atoms with Crippen molar-refractivity contribution >= 4 is 34.5 Å². The first-order valence-corrected chi connectivity index (χ1v) is 11.0. The lowest BCUT2D eigenvalue weighted by Crippen LogP contribution is -2.42. The molecule has 2 atom stereocenters. The van der Waals surface area contributed by atoms with Gasteiger partial charge < -0.3 is 31.2 Å². The van der Waals surface area contributed by atoms with Gasteiger partial charge in [0.05, 0.1) is 17.1 Å². The fraction of sp³-hybridized carbons (Fsp3) is 0.160. The fourth-order valence-electron chi connectivity index (χ4n) is 3.57. The van der Waals surface area contributed by atoms with Crippen LogP contribution in [0.2, 0.25) is 0 Å². The maximum atomic E-state index is 12.9. The van der Waals surface area contributed by atoms with Crippen LogP contribution in [0.1, 0.15) is 22.0 Å². The van der Waals surface area contributed by atoms with Crippen LogP contribution in [0.5, 0.6) is 5.75 Å². The molecule has 0 radical (unpaired) electrons. The van der Waals surface area contributed by atoms with Crippen molar-refractivity contribution in [1.82, 2.24) is 15.3 Å². The van der Waals surface area contributed by atoms with Crippen molar-refractivity contribution in [2.45, 2.75) is 18.3 Å². The van der Waals surface area contributed by atoms with Crippen LogP contribution in [-0.2, 0) is 4.79 Å². The molecule has 12 heteroatoms. The average Bonchev–Trinajstić information content (AvgIpc) is 3.25. The second-order valence-corrected chi connectivity index (χ2v) is 8.08. The van der Waals surface area contributed by atoms with Gasteiger partial charge >= 0.3 is 6.18 Å². The number of halogens is 3. The Morgan fingerprint density at radius 2 is 1.76 bits per heavy atom. The summed E-state index contributed by atoms with van der Waals surface area (Å²) in [5, 5.41) is 16.1. The van der Waals surface area contributed by atoms with Crippen LogP contribution in [0.15, 0.2) is 72.8 Å². The summed E-state index contributed by atoms with van der Waals surface area (Å²) < 4.78 is 41.7. The zero-order valence-corrected chi connectivity index (χ0v) is 19.1. The number of hydrogen-bond donors (Lipinski definition) is 5. The number of hydrogen-bond acceptors (Lipinski definition) is 6. The number of imidazole rings is 1. The van der Waals surface area contributed by atoms with E-state index in [0.29, 0.717) is 22.3 Å². The Labute approximate surface area is 208 Å². The molecule has 1 heterocycles. The van der Waals surface area contributed by atoms with Crippen LogP contribution >= 0.6 is 0 Å². The molecule has 2 amide bonds. The molecule has 0 saturated carbocycles. The lowest BCUT2D eigenvalue weighted by Gasteiger charge is -2.24. The Kier molecular flexibility index (Phi) is 7.30. The number of anilines is 2. The molecule has 192 valence electrons. The molecule has 0 spiro atoms. The molecule has 4 aromatic rings. The molecule has 0 aliphatic carbocycles. The number of benzene rings is 3. The summed E-state index contributed by atoms with van der Waals surface area (Å²) in [7, 11) is 0. The van der Waals surface area contributed by atoms with E-state index in [9.17, 15) is 27.9 Å². The second kappa shape index (κ2) is 10.6. The SMILES string of the molecule is Nc1nc2ccc(NC(=O)C(O)C(NC(=O)c3ccc(OCC(F)(F)F)cc3)c3ccccc3)cc2[nH]1. The third-order valence-electron chi connectivity index (χ3n) is 5.32. The summed E-state index contributed by atoms with van der Waals surface area (Å²) in [4.78, 5) is 32.7. The Hall–Kier alpha value is -4.58. The summed E-state index contributed by atoms with van der Waals surface area (Å²) >= 11 is 0. The van der Waals surface area contributed by atoms with E-state index in [1.54, 1.807) is 48.5 Å². The van der Waals surface area contributed by atoms with Crippen molar-refractivity contribution in [2.24, 2.45) is 0 Å². The number of aliphatic hydroxyl groups is 1. The number of nitrogens with two attached hydrogens (primary N) is 1. The van der Waals surface area contributed by atoms with E-state index in [4.69, 9.17) is 5.73 Å². The monoisotopic (exact) mass is 513 g/mol. The van der Waals surface area contributed by atoms with Gasteiger partial charge in [-0.2, -0.15) is 13.2 Å². The number of fused-ring (bicyclic) bond motifs is 1. The highest BCUT2D eigenvalue weighted by Gasteiger charge is 2.30. The molecule has 6 N–H and O–H groups in total. The van der Waals surface area contributed by atoms with Gasteiger partial charge in [0, 0.05) is 11.3 Å². The number of alkyl halides is 3. The molecule has 1 aromatic heterocycles. The van der Waals surface area contributed by atoms with Crippen LogP contribution in [-0.4, -0.2) is 45.8 Å². The average molecular weight is 513 g/mol. The van der Waals surface area contributed by atoms with Crippen molar-refractivity contribution in [1.29, 1.82) is 0 Å². The molecule has 0 fully saturated rings. The number of nitrogen functional groups attached to an aromatic ring is 1. The first-order chi connectivity index (χ1) is 17.6. The Morgan fingerprint density at radius 3 is 2.43 bits per heavy atom. The Balaban J connectivity index is 1.49. The van der Waals surface area contributed by atoms with Crippen LogP contribution < -0.4 is 21.1 Å². The van der Waals surface area contributed by atoms with Crippen LogP contribution in [0, 0.1) is 0 Å². The number of carbonyl (C=O) groups is 2. The number of carbonyl (C=O) groups excluding carboxylic acids is 2. The first kappa shape index (κ1) is 25.5. The quantitative estimate of drug-likeness (QED) is 0.244. The van der Waals surface area contributed by atoms with Gasteiger partial charge in [-0.3, -0.25) is 9.59 Å². The number of ether oxygens (including phenoxy) is 1. The lowest BCUT2D eigenvalue weighted by molar-refractivity contribution is -0.153. The normalized spacial score (nSPS) is 13.1. The number of aromatic nitrogens is 2. The van der Waals surface area contributed by atoms with Gasteiger partial charge in [-0.05, 0) is 48.0 Å². The molecule has 2 unspecified atom stereocenters. The van der Waals surface area contributed by atoms with Crippen molar-refractivity contribution in [3.05, 3.63) is 83.9 Å². The minimum atomic E-state index is -4.49. The molecule has 4 rings (SSSR count). The van der Waals surface area contributed by atoms with E-state index in [1.165, 1.54) is 24.3 Å². The predicted molar refractivity (Wildman–Crippen MR) is 130 cm³/mol. The number of aromatic amines is 1. The lowest BCUT2D eigenvalue weighted by atomic mass is 10.00. The Bertz CT molecular complexity index is 1390. The van der Waals surface area contributed by atoms with Gasteiger partial charge in [0.15, 0.2) is 18.7 Å². The number of nitrogens with zero attached hydrogens (tertiary/aromatic N) is 1. The van der Waals surface area contributed by atoms with Crippen molar-refractivity contribution in [3.63, 3.8) is 0 Å². The third-order valence-corrected chi connectivity index (χ3v) is 5.32.